The van der Waals surface area contributed by atoms with Crippen LogP contribution in [-0.2, 0) is 23.1 Å². The van der Waals surface area contributed by atoms with Crippen molar-refractivity contribution in [3.05, 3.63) is 99.6 Å². The summed E-state index contributed by atoms with van der Waals surface area (Å²) in [5.41, 5.74) is 3.84. The van der Waals surface area contributed by atoms with E-state index in [1.807, 2.05) is 50.2 Å². The fourth-order valence-electron chi connectivity index (χ4n) is 3.79. The van der Waals surface area contributed by atoms with Crippen LogP contribution in [0.1, 0.15) is 39.7 Å². The van der Waals surface area contributed by atoms with Crippen molar-refractivity contribution in [2.24, 2.45) is 0 Å². The van der Waals surface area contributed by atoms with Crippen molar-refractivity contribution in [2.75, 3.05) is 0 Å². The predicted molar refractivity (Wildman–Crippen MR) is 145 cm³/mol. The van der Waals surface area contributed by atoms with Gasteiger partial charge in [-0.05, 0) is 61.7 Å². The molecule has 9 heteroatoms. The van der Waals surface area contributed by atoms with Crippen LogP contribution in [0.5, 0.6) is 5.75 Å². The number of benzene rings is 3. The zero-order valence-corrected chi connectivity index (χ0v) is 22.6. The van der Waals surface area contributed by atoms with Crippen LogP contribution in [0.25, 0.3) is 10.6 Å². The van der Waals surface area contributed by atoms with Crippen molar-refractivity contribution >= 4 is 29.1 Å². The van der Waals surface area contributed by atoms with Gasteiger partial charge in [-0.15, -0.1) is 23.1 Å². The topological polar surface area (TPSA) is 59.4 Å². The van der Waals surface area contributed by atoms with Gasteiger partial charge in [0.15, 0.2) is 6.10 Å². The maximum atomic E-state index is 13.0. The smallest absolute Gasteiger partial charge is 0.416 e. The fraction of sp³-hybridized carbons (Fsp3) is 0.241. The lowest BCUT2D eigenvalue weighted by Gasteiger charge is -2.16. The number of carbonyl (C=O) groups is 1. The number of halogens is 3. The molecular formula is C29H26F3NO3S2. The van der Waals surface area contributed by atoms with E-state index < -0.39 is 23.8 Å². The van der Waals surface area contributed by atoms with Crippen LogP contribution >= 0.6 is 23.1 Å². The van der Waals surface area contributed by atoms with Crippen LogP contribution in [0, 0.1) is 13.8 Å². The summed E-state index contributed by atoms with van der Waals surface area (Å²) in [5.74, 6) is 0.140. The minimum Gasteiger partial charge on any atom is -0.479 e. The van der Waals surface area contributed by atoms with E-state index in [1.165, 1.54) is 30.4 Å². The van der Waals surface area contributed by atoms with Gasteiger partial charge in [-0.1, -0.05) is 42.5 Å². The molecule has 4 aromatic rings. The molecule has 0 aliphatic rings. The fourth-order valence-corrected chi connectivity index (χ4v) is 6.07. The second kappa shape index (κ2) is 11.6. The minimum atomic E-state index is -4.38. The lowest BCUT2D eigenvalue weighted by Crippen LogP contribution is -2.23. The normalized spacial score (nSPS) is 12.4. The van der Waals surface area contributed by atoms with Crippen LogP contribution in [0.4, 0.5) is 13.2 Å². The molecule has 1 heterocycles. The Hall–Kier alpha value is -3.30. The van der Waals surface area contributed by atoms with Crippen molar-refractivity contribution in [3.8, 4) is 16.3 Å². The number of aliphatic carboxylic acids is 1. The van der Waals surface area contributed by atoms with Gasteiger partial charge in [-0.3, -0.25) is 0 Å². The van der Waals surface area contributed by atoms with Gasteiger partial charge in [0.25, 0.3) is 0 Å². The van der Waals surface area contributed by atoms with Crippen LogP contribution in [0.3, 0.4) is 0 Å². The summed E-state index contributed by atoms with van der Waals surface area (Å²) in [5, 5.41) is 9.83. The van der Waals surface area contributed by atoms with E-state index in [1.54, 1.807) is 17.8 Å². The first kappa shape index (κ1) is 27.7. The third-order valence-corrected chi connectivity index (χ3v) is 8.67. The van der Waals surface area contributed by atoms with Crippen LogP contribution in [-0.4, -0.2) is 22.2 Å². The van der Waals surface area contributed by atoms with Crippen molar-refractivity contribution in [1.29, 1.82) is 0 Å². The number of thiazole rings is 1. The molecular weight excluding hydrogens is 531 g/mol. The Morgan fingerprint density at radius 1 is 1.03 bits per heavy atom. The molecule has 0 fully saturated rings. The lowest BCUT2D eigenvalue weighted by molar-refractivity contribution is -0.144. The zero-order chi connectivity index (χ0) is 27.4. The Kier molecular flexibility index (Phi) is 8.47. The van der Waals surface area contributed by atoms with Gasteiger partial charge in [0.05, 0.1) is 11.3 Å². The maximum Gasteiger partial charge on any atom is 0.416 e. The van der Waals surface area contributed by atoms with E-state index in [9.17, 15) is 18.0 Å². The molecule has 0 bridgehead atoms. The van der Waals surface area contributed by atoms with Crippen LogP contribution in [0.2, 0.25) is 0 Å². The molecule has 1 N–H and O–H groups in total. The molecule has 3 aromatic carbocycles. The zero-order valence-electron chi connectivity index (χ0n) is 21.0. The van der Waals surface area contributed by atoms with Crippen LogP contribution in [0.15, 0.2) is 71.6 Å². The van der Waals surface area contributed by atoms with Gasteiger partial charge in [-0.2, -0.15) is 13.2 Å². The van der Waals surface area contributed by atoms with Crippen molar-refractivity contribution in [3.63, 3.8) is 0 Å². The van der Waals surface area contributed by atoms with Gasteiger partial charge in [0.2, 0.25) is 0 Å². The molecule has 0 saturated heterocycles. The molecule has 0 saturated carbocycles. The largest absolute Gasteiger partial charge is 0.479 e. The second-order valence-corrected chi connectivity index (χ2v) is 10.9. The Morgan fingerprint density at radius 2 is 1.71 bits per heavy atom. The van der Waals surface area contributed by atoms with Crippen LogP contribution < -0.4 is 4.74 Å². The molecule has 0 radical (unpaired) electrons. The number of rotatable bonds is 9. The first-order chi connectivity index (χ1) is 18.0. The maximum absolute atomic E-state index is 13.0. The number of alkyl halides is 3. The molecule has 4 rings (SSSR count). The van der Waals surface area contributed by atoms with Gasteiger partial charge in [-0.25, -0.2) is 9.78 Å². The molecule has 0 aliphatic carbocycles. The van der Waals surface area contributed by atoms with Crippen molar-refractivity contribution in [1.82, 2.24) is 4.98 Å². The standard InChI is InChI=1S/C29H26F3NO3S2/c1-17-18(2)25(14-13-24(17)36-19(3)28(34)35)37-16-26-23(15-20-7-5-4-6-8-20)33-27(38-26)21-9-11-22(12-10-21)29(30,31)32/h4-14,19H,15-16H2,1-3H3,(H,34,35). The molecule has 38 heavy (non-hydrogen) atoms. The summed E-state index contributed by atoms with van der Waals surface area (Å²) in [6, 6.07) is 18.8. The van der Waals surface area contributed by atoms with E-state index in [0.717, 1.165) is 44.3 Å². The quantitative estimate of drug-likeness (QED) is 0.210. The number of nitrogens with zero attached hydrogens (tertiary/aromatic N) is 1. The molecule has 1 atom stereocenters. The van der Waals surface area contributed by atoms with Gasteiger partial charge in [0, 0.05) is 27.5 Å². The van der Waals surface area contributed by atoms with E-state index >= 15 is 0 Å². The summed E-state index contributed by atoms with van der Waals surface area (Å²) in [6.45, 7) is 5.37. The van der Waals surface area contributed by atoms with Gasteiger partial charge in [0.1, 0.15) is 10.8 Å². The van der Waals surface area contributed by atoms with Crippen molar-refractivity contribution in [2.45, 2.75) is 50.1 Å². The summed E-state index contributed by atoms with van der Waals surface area (Å²) < 4.78 is 44.7. The highest BCUT2D eigenvalue weighted by Gasteiger charge is 2.30. The molecule has 198 valence electrons. The highest BCUT2D eigenvalue weighted by molar-refractivity contribution is 7.98. The average molecular weight is 558 g/mol. The number of thioether (sulfide) groups is 1. The van der Waals surface area contributed by atoms with E-state index in [-0.39, 0.29) is 0 Å². The summed E-state index contributed by atoms with van der Waals surface area (Å²) in [4.78, 5) is 18.1. The van der Waals surface area contributed by atoms with Crippen molar-refractivity contribution < 1.29 is 27.8 Å². The molecule has 1 aromatic heterocycles. The number of hydrogen-bond donors (Lipinski definition) is 1. The second-order valence-electron chi connectivity index (χ2n) is 8.83. The van der Waals surface area contributed by atoms with Gasteiger partial charge >= 0.3 is 12.1 Å². The number of hydrogen-bond acceptors (Lipinski definition) is 5. The Morgan fingerprint density at radius 3 is 2.34 bits per heavy atom. The summed E-state index contributed by atoms with van der Waals surface area (Å²) >= 11 is 3.12. The molecule has 4 nitrogen and oxygen atoms in total. The highest BCUT2D eigenvalue weighted by atomic mass is 32.2. The lowest BCUT2D eigenvalue weighted by atomic mass is 10.1. The molecule has 0 spiro atoms. The molecule has 0 aliphatic heterocycles. The Labute approximate surface area is 227 Å². The van der Waals surface area contributed by atoms with Gasteiger partial charge < -0.3 is 9.84 Å². The minimum absolute atomic E-state index is 0.536. The summed E-state index contributed by atoms with van der Waals surface area (Å²) in [6.07, 6.45) is -4.72. The van der Waals surface area contributed by atoms with E-state index in [0.29, 0.717) is 28.5 Å². The van der Waals surface area contributed by atoms with E-state index in [4.69, 9.17) is 14.8 Å². The monoisotopic (exact) mass is 557 g/mol. The number of aromatic nitrogens is 1. The number of carboxylic acids is 1. The predicted octanol–water partition coefficient (Wildman–Crippen LogP) is 8.18. The Balaban J connectivity index is 1.60. The first-order valence-corrected chi connectivity index (χ1v) is 13.7. The summed E-state index contributed by atoms with van der Waals surface area (Å²) in [7, 11) is 0. The highest BCUT2D eigenvalue weighted by Crippen LogP contribution is 2.38. The molecule has 1 unspecified atom stereocenters. The first-order valence-electron chi connectivity index (χ1n) is 11.9. The van der Waals surface area contributed by atoms with E-state index in [2.05, 4.69) is 0 Å². The number of ether oxygens (including phenoxy) is 1. The third kappa shape index (κ3) is 6.57. The third-order valence-electron chi connectivity index (χ3n) is 6.15. The number of carboxylic acid groups (broad SMARTS) is 1. The molecule has 0 amide bonds. The Bertz CT molecular complexity index is 1420. The average Bonchev–Trinajstić information content (AvgIpc) is 3.28. The SMILES string of the molecule is Cc1c(OC(C)C(=O)O)ccc(SCc2sc(-c3ccc(C(F)(F)F)cc3)nc2Cc2ccccc2)c1C.